The largest absolute Gasteiger partial charge is 0.338 e. The number of hydrogen-bond acceptors (Lipinski definition) is 5. The van der Waals surface area contributed by atoms with Crippen LogP contribution in [0, 0.1) is 13.8 Å². The Bertz CT molecular complexity index is 1040. The van der Waals surface area contributed by atoms with Crippen molar-refractivity contribution in [3.05, 3.63) is 89.3 Å². The van der Waals surface area contributed by atoms with Crippen LogP contribution in [0.1, 0.15) is 28.4 Å². The summed E-state index contributed by atoms with van der Waals surface area (Å²) < 4.78 is 7.48. The topological polar surface area (TPSA) is 56.7 Å². The van der Waals surface area contributed by atoms with Gasteiger partial charge >= 0.3 is 0 Å². The third-order valence-electron chi connectivity index (χ3n) is 4.42. The van der Waals surface area contributed by atoms with Crippen LogP contribution in [-0.4, -0.2) is 19.7 Å². The Morgan fingerprint density at radius 3 is 2.70 bits per heavy atom. The van der Waals surface area contributed by atoms with Crippen LogP contribution in [0.5, 0.6) is 0 Å². The van der Waals surface area contributed by atoms with Gasteiger partial charge in [-0.25, -0.2) is 4.98 Å². The van der Waals surface area contributed by atoms with Gasteiger partial charge in [-0.3, -0.25) is 4.57 Å². The number of imidazole rings is 1. The molecule has 0 fully saturated rings. The van der Waals surface area contributed by atoms with E-state index in [2.05, 4.69) is 63.9 Å². The number of rotatable bonds is 6. The van der Waals surface area contributed by atoms with Crippen LogP contribution >= 0.6 is 11.8 Å². The molecule has 0 saturated carbocycles. The Hall–Kier alpha value is -2.86. The molecule has 0 aliphatic rings. The summed E-state index contributed by atoms with van der Waals surface area (Å²) in [7, 11) is 0. The van der Waals surface area contributed by atoms with Crippen LogP contribution in [0.3, 0.4) is 0 Å². The van der Waals surface area contributed by atoms with E-state index in [-0.39, 0.29) is 0 Å². The monoisotopic (exact) mass is 376 g/mol. The smallest absolute Gasteiger partial charge is 0.237 e. The molecule has 4 rings (SSSR count). The summed E-state index contributed by atoms with van der Waals surface area (Å²) in [4.78, 5) is 8.97. The van der Waals surface area contributed by atoms with Crippen LogP contribution in [0.4, 0.5) is 0 Å². The molecule has 0 N–H and O–H groups in total. The average molecular weight is 376 g/mol. The fourth-order valence-corrected chi connectivity index (χ4v) is 3.60. The third-order valence-corrected chi connectivity index (χ3v) is 5.37. The fraction of sp³-hybridized carbons (Fsp3) is 0.190. The second-order valence-corrected chi connectivity index (χ2v) is 7.35. The Balaban J connectivity index is 1.44. The van der Waals surface area contributed by atoms with E-state index in [0.717, 1.165) is 10.8 Å². The Morgan fingerprint density at radius 2 is 1.89 bits per heavy atom. The van der Waals surface area contributed by atoms with Crippen LogP contribution in [0.2, 0.25) is 0 Å². The number of benzene rings is 2. The molecule has 136 valence electrons. The molecule has 0 aliphatic carbocycles. The van der Waals surface area contributed by atoms with Gasteiger partial charge in [-0.2, -0.15) is 4.98 Å². The van der Waals surface area contributed by atoms with E-state index in [1.807, 2.05) is 30.6 Å². The molecule has 0 radical (unpaired) electrons. The van der Waals surface area contributed by atoms with Crippen LogP contribution in [-0.2, 0) is 12.2 Å². The highest BCUT2D eigenvalue weighted by atomic mass is 32.2. The SMILES string of the molecule is Cc1ccc(-n2ccnc2SCc2nc(Cc3ccccc3)no2)cc1C. The number of nitrogens with zero attached hydrogens (tertiary/aromatic N) is 4. The van der Waals surface area contributed by atoms with Crippen molar-refractivity contribution in [2.75, 3.05) is 0 Å². The van der Waals surface area contributed by atoms with Gasteiger partial charge in [0, 0.05) is 24.5 Å². The van der Waals surface area contributed by atoms with Gasteiger partial charge < -0.3 is 4.52 Å². The second kappa shape index (κ2) is 7.80. The maximum Gasteiger partial charge on any atom is 0.237 e. The molecule has 0 saturated heterocycles. The van der Waals surface area contributed by atoms with Crippen molar-refractivity contribution in [3.8, 4) is 5.69 Å². The van der Waals surface area contributed by atoms with E-state index in [4.69, 9.17) is 4.52 Å². The quantitative estimate of drug-likeness (QED) is 0.454. The number of aromatic nitrogens is 4. The number of hydrogen-bond donors (Lipinski definition) is 0. The first-order chi connectivity index (χ1) is 13.2. The van der Waals surface area contributed by atoms with E-state index in [0.29, 0.717) is 23.9 Å². The van der Waals surface area contributed by atoms with Gasteiger partial charge in [-0.1, -0.05) is 53.3 Å². The van der Waals surface area contributed by atoms with E-state index in [9.17, 15) is 0 Å². The first kappa shape index (κ1) is 17.5. The first-order valence-electron chi connectivity index (χ1n) is 8.78. The summed E-state index contributed by atoms with van der Waals surface area (Å²) in [5, 5.41) is 4.99. The van der Waals surface area contributed by atoms with Crippen LogP contribution < -0.4 is 0 Å². The maximum absolute atomic E-state index is 5.40. The molecule has 2 aromatic heterocycles. The molecule has 4 aromatic rings. The van der Waals surface area contributed by atoms with Crippen molar-refractivity contribution in [3.63, 3.8) is 0 Å². The lowest BCUT2D eigenvalue weighted by molar-refractivity contribution is 0.385. The molecule has 2 aromatic carbocycles. The Kier molecular flexibility index (Phi) is 5.07. The lowest BCUT2D eigenvalue weighted by Gasteiger charge is -2.09. The Labute approximate surface area is 162 Å². The summed E-state index contributed by atoms with van der Waals surface area (Å²) in [5.41, 5.74) is 4.82. The zero-order valence-corrected chi connectivity index (χ0v) is 16.1. The van der Waals surface area contributed by atoms with E-state index >= 15 is 0 Å². The molecule has 6 heteroatoms. The van der Waals surface area contributed by atoms with Gasteiger partial charge in [-0.15, -0.1) is 0 Å². The zero-order valence-electron chi connectivity index (χ0n) is 15.3. The summed E-state index contributed by atoms with van der Waals surface area (Å²) in [6.07, 6.45) is 4.46. The molecule has 0 atom stereocenters. The molecule has 2 heterocycles. The van der Waals surface area contributed by atoms with E-state index in [1.54, 1.807) is 11.8 Å². The van der Waals surface area contributed by atoms with Gasteiger partial charge in [0.05, 0.1) is 5.75 Å². The third kappa shape index (κ3) is 4.11. The highest BCUT2D eigenvalue weighted by Gasteiger charge is 2.11. The minimum atomic E-state index is 0.587. The fourth-order valence-electron chi connectivity index (χ4n) is 2.79. The van der Waals surface area contributed by atoms with Crippen molar-refractivity contribution in [2.45, 2.75) is 31.2 Å². The lowest BCUT2D eigenvalue weighted by atomic mass is 10.1. The molecular formula is C21H20N4OS. The molecule has 0 spiro atoms. The van der Waals surface area contributed by atoms with Crippen molar-refractivity contribution < 1.29 is 4.52 Å². The molecule has 27 heavy (non-hydrogen) atoms. The van der Waals surface area contributed by atoms with Gasteiger partial charge in [0.2, 0.25) is 5.89 Å². The summed E-state index contributed by atoms with van der Waals surface area (Å²) in [5.74, 6) is 1.90. The van der Waals surface area contributed by atoms with E-state index in [1.165, 1.54) is 16.7 Å². The molecule has 0 aliphatic heterocycles. The second-order valence-electron chi connectivity index (χ2n) is 6.40. The minimum Gasteiger partial charge on any atom is -0.338 e. The standard InChI is InChI=1S/C21H20N4OS/c1-15-8-9-18(12-16(15)2)25-11-10-22-21(25)27-14-20-23-19(24-26-20)13-17-6-4-3-5-7-17/h3-12H,13-14H2,1-2H3. The minimum absolute atomic E-state index is 0.587. The average Bonchev–Trinajstić information content (AvgIpc) is 3.32. The highest BCUT2D eigenvalue weighted by molar-refractivity contribution is 7.98. The zero-order chi connectivity index (χ0) is 18.6. The highest BCUT2D eigenvalue weighted by Crippen LogP contribution is 2.24. The molecule has 0 unspecified atom stereocenters. The predicted octanol–water partition coefficient (Wildman–Crippen LogP) is 4.76. The van der Waals surface area contributed by atoms with Crippen molar-refractivity contribution in [2.24, 2.45) is 0 Å². The van der Waals surface area contributed by atoms with Crippen molar-refractivity contribution >= 4 is 11.8 Å². The molecule has 0 bridgehead atoms. The van der Waals surface area contributed by atoms with Gasteiger partial charge in [0.1, 0.15) is 0 Å². The normalized spacial score (nSPS) is 11.0. The molecular weight excluding hydrogens is 356 g/mol. The Morgan fingerprint density at radius 1 is 1.04 bits per heavy atom. The predicted molar refractivity (Wildman–Crippen MR) is 106 cm³/mol. The first-order valence-corrected chi connectivity index (χ1v) is 9.77. The maximum atomic E-state index is 5.40. The summed E-state index contributed by atoms with van der Waals surface area (Å²) in [6, 6.07) is 16.6. The number of thioether (sulfide) groups is 1. The summed E-state index contributed by atoms with van der Waals surface area (Å²) >= 11 is 1.59. The van der Waals surface area contributed by atoms with Gasteiger partial charge in [0.15, 0.2) is 11.0 Å². The van der Waals surface area contributed by atoms with E-state index < -0.39 is 0 Å². The summed E-state index contributed by atoms with van der Waals surface area (Å²) in [6.45, 7) is 4.24. The molecule has 5 nitrogen and oxygen atoms in total. The number of aryl methyl sites for hydroxylation is 2. The van der Waals surface area contributed by atoms with Crippen molar-refractivity contribution in [1.82, 2.24) is 19.7 Å². The van der Waals surface area contributed by atoms with Crippen LogP contribution in [0.25, 0.3) is 5.69 Å². The van der Waals surface area contributed by atoms with Gasteiger partial charge in [-0.05, 0) is 42.7 Å². The van der Waals surface area contributed by atoms with Crippen LogP contribution in [0.15, 0.2) is 70.6 Å². The molecule has 0 amide bonds. The van der Waals surface area contributed by atoms with Gasteiger partial charge in [0.25, 0.3) is 0 Å². The lowest BCUT2D eigenvalue weighted by Crippen LogP contribution is -1.97. The van der Waals surface area contributed by atoms with Crippen molar-refractivity contribution in [1.29, 1.82) is 0 Å².